The second-order valence-electron chi connectivity index (χ2n) is 13.6. The lowest BCUT2D eigenvalue weighted by molar-refractivity contribution is -0.157. The Morgan fingerprint density at radius 1 is 0.922 bits per heavy atom. The summed E-state index contributed by atoms with van der Waals surface area (Å²) in [6, 6.07) is 8.59. The van der Waals surface area contributed by atoms with E-state index in [2.05, 4.69) is 15.4 Å². The molecule has 1 unspecified atom stereocenters. The van der Waals surface area contributed by atoms with Gasteiger partial charge in [-0.2, -0.15) is 29.6 Å². The Labute approximate surface area is 298 Å². The molecule has 0 radical (unpaired) electrons. The molecule has 0 aliphatic carbocycles. The van der Waals surface area contributed by atoms with Crippen molar-refractivity contribution in [2.24, 2.45) is 0 Å². The van der Waals surface area contributed by atoms with E-state index in [1.54, 1.807) is 76.6 Å². The van der Waals surface area contributed by atoms with Crippen LogP contribution in [0.15, 0.2) is 58.0 Å². The van der Waals surface area contributed by atoms with Crippen LogP contribution in [0.1, 0.15) is 63.4 Å². The first-order chi connectivity index (χ1) is 23.7. The van der Waals surface area contributed by atoms with E-state index < -0.39 is 52.6 Å². The predicted octanol–water partition coefficient (Wildman–Crippen LogP) is 7.06. The maximum atomic E-state index is 13.2. The summed E-state index contributed by atoms with van der Waals surface area (Å²) in [6.07, 6.45) is -5.51. The smallest absolute Gasteiger partial charge is 0.416 e. The van der Waals surface area contributed by atoms with Crippen molar-refractivity contribution >= 4 is 61.7 Å². The molecule has 5 rings (SSSR count). The molecular formula is C35H35F3N4O7S2. The lowest BCUT2D eigenvalue weighted by Crippen LogP contribution is -2.47. The van der Waals surface area contributed by atoms with Gasteiger partial charge in [-0.05, 0) is 77.4 Å². The number of thiazole rings is 1. The SMILES string of the molecule is CC(C)(C)OC(=O)NC(Cc1ccc(OC(=O)Cc2nn(Cc3nc4cc(C(F)(F)F)ccc4s3)c(=O)c3cscc23)cc1)C(=O)OC(C)(C)C. The van der Waals surface area contributed by atoms with E-state index in [9.17, 15) is 32.3 Å². The number of carbonyl (C=O) groups excluding carboxylic acids is 3. The van der Waals surface area contributed by atoms with Crippen molar-refractivity contribution in [1.29, 1.82) is 0 Å². The summed E-state index contributed by atoms with van der Waals surface area (Å²) >= 11 is 2.40. The number of halogens is 3. The molecule has 0 spiro atoms. The highest BCUT2D eigenvalue weighted by Crippen LogP contribution is 2.33. The first-order valence-electron chi connectivity index (χ1n) is 15.7. The molecule has 3 heterocycles. The number of aromatic nitrogens is 3. The van der Waals surface area contributed by atoms with Gasteiger partial charge in [0.1, 0.15) is 28.0 Å². The molecule has 3 aromatic heterocycles. The molecule has 0 saturated carbocycles. The third-order valence-corrected chi connectivity index (χ3v) is 8.78. The maximum absolute atomic E-state index is 13.2. The van der Waals surface area contributed by atoms with Crippen LogP contribution >= 0.6 is 22.7 Å². The van der Waals surface area contributed by atoms with Gasteiger partial charge in [-0.25, -0.2) is 19.3 Å². The maximum Gasteiger partial charge on any atom is 0.416 e. The summed E-state index contributed by atoms with van der Waals surface area (Å²) in [6.45, 7) is 10.2. The zero-order valence-electron chi connectivity index (χ0n) is 28.5. The van der Waals surface area contributed by atoms with Crippen LogP contribution in [0.2, 0.25) is 0 Å². The molecule has 0 saturated heterocycles. The van der Waals surface area contributed by atoms with Crippen LogP contribution in [-0.4, -0.2) is 50.0 Å². The van der Waals surface area contributed by atoms with Gasteiger partial charge in [-0.3, -0.25) is 9.59 Å². The largest absolute Gasteiger partial charge is 0.458 e. The van der Waals surface area contributed by atoms with E-state index in [-0.39, 0.29) is 36.3 Å². The summed E-state index contributed by atoms with van der Waals surface area (Å²) in [5.41, 5.74) is -1.75. The van der Waals surface area contributed by atoms with Gasteiger partial charge in [0.25, 0.3) is 5.56 Å². The number of carbonyl (C=O) groups is 3. The van der Waals surface area contributed by atoms with Gasteiger partial charge in [0.15, 0.2) is 0 Å². The van der Waals surface area contributed by atoms with E-state index in [0.717, 1.165) is 28.2 Å². The number of alkyl halides is 3. The van der Waals surface area contributed by atoms with Crippen molar-refractivity contribution in [3.63, 3.8) is 0 Å². The van der Waals surface area contributed by atoms with Crippen LogP contribution in [0, 0.1) is 0 Å². The summed E-state index contributed by atoms with van der Waals surface area (Å²) in [5, 5.41) is 11.5. The highest BCUT2D eigenvalue weighted by molar-refractivity contribution is 7.18. The van der Waals surface area contributed by atoms with E-state index >= 15 is 0 Å². The zero-order valence-corrected chi connectivity index (χ0v) is 30.2. The number of fused-ring (bicyclic) bond motifs is 2. The molecule has 270 valence electrons. The Morgan fingerprint density at radius 3 is 2.24 bits per heavy atom. The van der Waals surface area contributed by atoms with Crippen LogP contribution in [-0.2, 0) is 44.6 Å². The monoisotopic (exact) mass is 744 g/mol. The fourth-order valence-corrected chi connectivity index (χ4v) is 6.67. The molecule has 0 aliphatic heterocycles. The Hall–Kier alpha value is -4.83. The molecule has 0 bridgehead atoms. The molecule has 1 N–H and O–H groups in total. The predicted molar refractivity (Wildman–Crippen MR) is 186 cm³/mol. The van der Waals surface area contributed by atoms with E-state index in [0.29, 0.717) is 26.0 Å². The van der Waals surface area contributed by atoms with Crippen molar-refractivity contribution in [1.82, 2.24) is 20.1 Å². The van der Waals surface area contributed by atoms with Crippen LogP contribution in [0.25, 0.3) is 21.0 Å². The van der Waals surface area contributed by atoms with Gasteiger partial charge in [0.2, 0.25) is 0 Å². The highest BCUT2D eigenvalue weighted by Gasteiger charge is 2.31. The summed E-state index contributed by atoms with van der Waals surface area (Å²) in [5.74, 6) is -1.10. The van der Waals surface area contributed by atoms with E-state index in [4.69, 9.17) is 14.2 Å². The minimum atomic E-state index is -4.52. The van der Waals surface area contributed by atoms with Gasteiger partial charge in [-0.1, -0.05) is 12.1 Å². The van der Waals surface area contributed by atoms with Crippen molar-refractivity contribution in [2.75, 3.05) is 0 Å². The number of thiophene rings is 1. The lowest BCUT2D eigenvalue weighted by Gasteiger charge is -2.26. The first kappa shape index (κ1) is 37.4. The zero-order chi connectivity index (χ0) is 37.3. The van der Waals surface area contributed by atoms with Gasteiger partial charge < -0.3 is 19.5 Å². The number of ether oxygens (including phenoxy) is 3. The number of nitrogens with one attached hydrogen (secondary N) is 1. The van der Waals surface area contributed by atoms with Crippen LogP contribution in [0.4, 0.5) is 18.0 Å². The molecular weight excluding hydrogens is 710 g/mol. The first-order valence-corrected chi connectivity index (χ1v) is 17.4. The molecule has 2 aromatic carbocycles. The van der Waals surface area contributed by atoms with Crippen molar-refractivity contribution in [2.45, 2.75) is 84.3 Å². The second kappa shape index (κ2) is 14.4. The van der Waals surface area contributed by atoms with Gasteiger partial charge in [0.05, 0.1) is 39.8 Å². The number of alkyl carbamates (subject to hydrolysis) is 1. The number of nitrogens with zero attached hydrogens (tertiary/aromatic N) is 3. The summed E-state index contributed by atoms with van der Waals surface area (Å²) in [4.78, 5) is 56.0. The molecule has 0 fully saturated rings. The molecule has 51 heavy (non-hydrogen) atoms. The highest BCUT2D eigenvalue weighted by atomic mass is 32.1. The number of benzene rings is 2. The fraction of sp³-hybridized carbons (Fsp3) is 0.371. The molecule has 16 heteroatoms. The van der Waals surface area contributed by atoms with E-state index in [1.165, 1.54) is 17.4 Å². The van der Waals surface area contributed by atoms with Gasteiger partial charge in [0, 0.05) is 22.6 Å². The van der Waals surface area contributed by atoms with Crippen LogP contribution in [0.3, 0.4) is 0 Å². The third kappa shape index (κ3) is 9.91. The Kier molecular flexibility index (Phi) is 10.6. The number of esters is 2. The van der Waals surface area contributed by atoms with Gasteiger partial charge >= 0.3 is 24.2 Å². The lowest BCUT2D eigenvalue weighted by atomic mass is 10.1. The second-order valence-corrected chi connectivity index (χ2v) is 15.5. The quantitative estimate of drug-likeness (QED) is 0.124. The Balaban J connectivity index is 1.29. The van der Waals surface area contributed by atoms with Crippen molar-refractivity contribution in [3.05, 3.63) is 85.4 Å². The Bertz CT molecular complexity index is 2140. The summed E-state index contributed by atoms with van der Waals surface area (Å²) < 4.78 is 57.6. The average Bonchev–Trinajstić information content (AvgIpc) is 3.65. The fourth-order valence-electron chi connectivity index (χ4n) is 4.90. The van der Waals surface area contributed by atoms with E-state index in [1.807, 2.05) is 0 Å². The topological polar surface area (TPSA) is 139 Å². The van der Waals surface area contributed by atoms with Crippen LogP contribution < -0.4 is 15.6 Å². The Morgan fingerprint density at radius 2 is 1.59 bits per heavy atom. The molecule has 11 nitrogen and oxygen atoms in total. The molecule has 5 aromatic rings. The number of hydrogen-bond donors (Lipinski definition) is 1. The average molecular weight is 745 g/mol. The van der Waals surface area contributed by atoms with Crippen molar-refractivity contribution in [3.8, 4) is 5.75 Å². The number of hydrogen-bond acceptors (Lipinski definition) is 11. The number of amides is 1. The molecule has 0 aliphatic rings. The third-order valence-electron chi connectivity index (χ3n) is 7.01. The normalized spacial score (nSPS) is 12.9. The number of rotatable bonds is 9. The summed E-state index contributed by atoms with van der Waals surface area (Å²) in [7, 11) is 0. The minimum Gasteiger partial charge on any atom is -0.458 e. The molecule has 1 amide bonds. The van der Waals surface area contributed by atoms with Crippen molar-refractivity contribution < 1.29 is 41.8 Å². The van der Waals surface area contributed by atoms with Gasteiger partial charge in [-0.15, -0.1) is 11.3 Å². The molecule has 1 atom stereocenters. The minimum absolute atomic E-state index is 0.0716. The van der Waals surface area contributed by atoms with Crippen LogP contribution in [0.5, 0.6) is 5.75 Å². The standard InChI is InChI=1S/C35H35F3N4O7S2/c1-33(2,3)48-31(45)26(40-32(46)49-34(4,5)6)13-19-7-10-21(11-8-19)47-29(43)15-24-22-17-50-18-23(22)30(44)42(41-24)16-28-39-25-14-20(35(36,37)38)9-12-27(25)51-28/h7-12,14,17-18,26H,13,15-16H2,1-6H3,(H,40,46).